The Kier molecular flexibility index (Phi) is 3.31. The van der Waals surface area contributed by atoms with Gasteiger partial charge in [-0.3, -0.25) is 0 Å². The zero-order chi connectivity index (χ0) is 11.5. The molecule has 1 aromatic carbocycles. The first-order valence-electron chi connectivity index (χ1n) is 4.32. The Morgan fingerprint density at radius 1 is 1.31 bits per heavy atom. The summed E-state index contributed by atoms with van der Waals surface area (Å²) < 4.78 is 33.5. The van der Waals surface area contributed by atoms with Gasteiger partial charge in [-0.15, -0.1) is 0 Å². The molecule has 0 amide bonds. The van der Waals surface area contributed by atoms with Crippen LogP contribution in [-0.2, 0) is 6.54 Å². The molecule has 2 rings (SSSR count). The van der Waals surface area contributed by atoms with E-state index in [1.165, 1.54) is 12.1 Å². The molecule has 0 spiro atoms. The molecule has 0 fully saturated rings. The van der Waals surface area contributed by atoms with Gasteiger partial charge >= 0.3 is 0 Å². The van der Waals surface area contributed by atoms with Gasteiger partial charge in [-0.05, 0) is 6.07 Å². The molecular weight excluding hydrogens is 256 g/mol. The van der Waals surface area contributed by atoms with Crippen LogP contribution in [0.25, 0.3) is 0 Å². The first-order valence-corrected chi connectivity index (χ1v) is 5.43. The lowest BCUT2D eigenvalue weighted by molar-refractivity contribution is 0.574. The average molecular weight is 262 g/mol. The molecule has 0 aliphatic carbocycles. The van der Waals surface area contributed by atoms with E-state index in [9.17, 15) is 8.78 Å². The minimum atomic E-state index is -0.605. The Hall–Kier alpha value is -1.27. The van der Waals surface area contributed by atoms with Crippen molar-refractivity contribution in [2.24, 2.45) is 0 Å². The van der Waals surface area contributed by atoms with Crippen LogP contribution in [0.4, 0.5) is 14.6 Å². The second kappa shape index (κ2) is 4.71. The lowest BCUT2D eigenvalue weighted by Gasteiger charge is -2.04. The molecule has 0 bridgehead atoms. The second-order valence-corrected chi connectivity index (χ2v) is 3.88. The first-order chi connectivity index (χ1) is 7.66. The van der Waals surface area contributed by atoms with E-state index < -0.39 is 11.6 Å². The van der Waals surface area contributed by atoms with Gasteiger partial charge in [0.2, 0.25) is 0 Å². The highest BCUT2D eigenvalue weighted by Crippen LogP contribution is 2.19. The maximum Gasteiger partial charge on any atom is 0.186 e. The molecule has 0 saturated carbocycles. The zero-order valence-electron chi connectivity index (χ0n) is 7.88. The molecule has 1 heterocycles. The number of hydrogen-bond donors (Lipinski definition) is 1. The van der Waals surface area contributed by atoms with Crippen LogP contribution in [0.5, 0.6) is 0 Å². The summed E-state index contributed by atoms with van der Waals surface area (Å²) in [5.74, 6) is -0.809. The highest BCUT2D eigenvalue weighted by Gasteiger charge is 2.07. The van der Waals surface area contributed by atoms with Crippen LogP contribution >= 0.6 is 23.3 Å². The van der Waals surface area contributed by atoms with Gasteiger partial charge in [0, 0.05) is 18.2 Å². The van der Waals surface area contributed by atoms with Gasteiger partial charge in [-0.25, -0.2) is 8.78 Å². The van der Waals surface area contributed by atoms with Crippen LogP contribution in [0.2, 0.25) is 5.15 Å². The van der Waals surface area contributed by atoms with E-state index in [4.69, 9.17) is 11.6 Å². The lowest BCUT2D eigenvalue weighted by atomic mass is 10.2. The second-order valence-electron chi connectivity index (χ2n) is 2.99. The van der Waals surface area contributed by atoms with E-state index in [0.29, 0.717) is 11.4 Å². The van der Waals surface area contributed by atoms with Gasteiger partial charge in [-0.1, -0.05) is 17.7 Å². The number of benzene rings is 1. The Balaban J connectivity index is 2.08. The quantitative estimate of drug-likeness (QED) is 0.923. The largest absolute Gasteiger partial charge is 0.362 e. The number of halogens is 3. The monoisotopic (exact) mass is 261 g/mol. The molecule has 1 N–H and O–H groups in total. The summed E-state index contributed by atoms with van der Waals surface area (Å²) in [5.41, 5.74) is 0.338. The summed E-state index contributed by atoms with van der Waals surface area (Å²) in [7, 11) is 0. The zero-order valence-corrected chi connectivity index (χ0v) is 9.45. The van der Waals surface area contributed by atoms with Crippen LogP contribution in [-0.4, -0.2) is 8.75 Å². The van der Waals surface area contributed by atoms with Crippen molar-refractivity contribution in [3.8, 4) is 0 Å². The Labute approximate surface area is 99.4 Å². The minimum Gasteiger partial charge on any atom is -0.362 e. The van der Waals surface area contributed by atoms with E-state index in [1.54, 1.807) is 0 Å². The fourth-order valence-electron chi connectivity index (χ4n) is 1.13. The maximum atomic E-state index is 13.2. The number of rotatable bonds is 3. The highest BCUT2D eigenvalue weighted by molar-refractivity contribution is 6.99. The van der Waals surface area contributed by atoms with Crippen molar-refractivity contribution in [2.75, 3.05) is 5.32 Å². The van der Waals surface area contributed by atoms with Gasteiger partial charge in [-0.2, -0.15) is 8.75 Å². The van der Waals surface area contributed by atoms with Crippen molar-refractivity contribution in [3.05, 3.63) is 40.6 Å². The van der Waals surface area contributed by atoms with Crippen molar-refractivity contribution in [1.29, 1.82) is 0 Å². The standard InChI is InChI=1S/C9H6ClF2N3S/c10-8-9(15-16-14-8)13-4-5-1-2-6(11)3-7(5)12/h1-3H,4H2,(H,13,15). The smallest absolute Gasteiger partial charge is 0.186 e. The van der Waals surface area contributed by atoms with Crippen LogP contribution in [0, 0.1) is 11.6 Å². The number of nitrogens with one attached hydrogen (secondary N) is 1. The van der Waals surface area contributed by atoms with Gasteiger partial charge in [0.1, 0.15) is 11.6 Å². The van der Waals surface area contributed by atoms with Crippen molar-refractivity contribution in [3.63, 3.8) is 0 Å². The predicted molar refractivity (Wildman–Crippen MR) is 58.6 cm³/mol. The van der Waals surface area contributed by atoms with Crippen LogP contribution in [0.15, 0.2) is 18.2 Å². The molecule has 1 aromatic heterocycles. The van der Waals surface area contributed by atoms with Gasteiger partial charge in [0.05, 0.1) is 11.7 Å². The van der Waals surface area contributed by atoms with E-state index >= 15 is 0 Å². The number of aromatic nitrogens is 2. The van der Waals surface area contributed by atoms with Crippen molar-refractivity contribution in [2.45, 2.75) is 6.54 Å². The van der Waals surface area contributed by atoms with Crippen molar-refractivity contribution < 1.29 is 8.78 Å². The molecule has 0 unspecified atom stereocenters. The number of nitrogens with zero attached hydrogens (tertiary/aromatic N) is 2. The number of hydrogen-bond acceptors (Lipinski definition) is 4. The van der Waals surface area contributed by atoms with Crippen LogP contribution in [0.1, 0.15) is 5.56 Å². The third-order valence-corrected chi connectivity index (χ3v) is 2.80. The Bertz CT molecular complexity index is 503. The van der Waals surface area contributed by atoms with Gasteiger partial charge in [0.15, 0.2) is 11.0 Å². The summed E-state index contributed by atoms with van der Waals surface area (Å²) in [6.45, 7) is 0.178. The van der Waals surface area contributed by atoms with Crippen molar-refractivity contribution in [1.82, 2.24) is 8.75 Å². The normalized spacial score (nSPS) is 10.4. The average Bonchev–Trinajstić information content (AvgIpc) is 2.63. The van der Waals surface area contributed by atoms with Gasteiger partial charge < -0.3 is 5.32 Å². The maximum absolute atomic E-state index is 13.2. The van der Waals surface area contributed by atoms with Gasteiger partial charge in [0.25, 0.3) is 0 Å². The van der Waals surface area contributed by atoms with Crippen LogP contribution < -0.4 is 5.32 Å². The van der Waals surface area contributed by atoms with E-state index in [-0.39, 0.29) is 11.7 Å². The SMILES string of the molecule is Fc1ccc(CNc2nsnc2Cl)c(F)c1. The summed E-state index contributed by atoms with van der Waals surface area (Å²) in [4.78, 5) is 0. The summed E-state index contributed by atoms with van der Waals surface area (Å²) in [6, 6.07) is 3.39. The molecule has 16 heavy (non-hydrogen) atoms. The topological polar surface area (TPSA) is 37.8 Å². The molecule has 0 atom stereocenters. The molecular formula is C9H6ClF2N3S. The van der Waals surface area contributed by atoms with E-state index in [1.807, 2.05) is 0 Å². The molecule has 7 heteroatoms. The first kappa shape index (κ1) is 11.2. The van der Waals surface area contributed by atoms with E-state index in [2.05, 4.69) is 14.1 Å². The third kappa shape index (κ3) is 2.45. The summed E-state index contributed by atoms with van der Waals surface area (Å²) in [5, 5.41) is 3.05. The predicted octanol–water partition coefficient (Wildman–Crippen LogP) is 3.08. The van der Waals surface area contributed by atoms with Crippen LogP contribution in [0.3, 0.4) is 0 Å². The summed E-state index contributed by atoms with van der Waals surface area (Å²) in [6.07, 6.45) is 0. The molecule has 3 nitrogen and oxygen atoms in total. The highest BCUT2D eigenvalue weighted by atomic mass is 35.5. The third-order valence-electron chi connectivity index (χ3n) is 1.91. The summed E-state index contributed by atoms with van der Waals surface area (Å²) >= 11 is 6.65. The molecule has 0 radical (unpaired) electrons. The molecule has 0 saturated heterocycles. The fraction of sp³-hybridized carbons (Fsp3) is 0.111. The number of anilines is 1. The minimum absolute atomic E-state index is 0.178. The molecule has 84 valence electrons. The molecule has 0 aliphatic rings. The van der Waals surface area contributed by atoms with E-state index in [0.717, 1.165) is 17.8 Å². The fourth-order valence-corrected chi connectivity index (χ4v) is 1.81. The molecule has 2 aromatic rings. The lowest BCUT2D eigenvalue weighted by Crippen LogP contribution is -2.02. The molecule has 0 aliphatic heterocycles. The Morgan fingerprint density at radius 3 is 2.75 bits per heavy atom. The van der Waals surface area contributed by atoms with Crippen molar-refractivity contribution >= 4 is 29.1 Å². The Morgan fingerprint density at radius 2 is 2.12 bits per heavy atom.